The molecule has 1 aliphatic heterocycles. The van der Waals surface area contributed by atoms with Crippen molar-refractivity contribution in [2.24, 2.45) is 0 Å². The number of aliphatic hydroxyl groups excluding tert-OH is 1. The normalized spacial score (nSPS) is 15.5. The van der Waals surface area contributed by atoms with Crippen molar-refractivity contribution >= 4 is 11.9 Å². The topological polar surface area (TPSA) is 135 Å². The Morgan fingerprint density at radius 2 is 1.39 bits per heavy atom. The van der Waals surface area contributed by atoms with Crippen molar-refractivity contribution in [1.29, 1.82) is 0 Å². The summed E-state index contributed by atoms with van der Waals surface area (Å²) in [5.41, 5.74) is 4.36. The van der Waals surface area contributed by atoms with Crippen molar-refractivity contribution < 1.29 is 39.1 Å². The molecule has 0 spiro atoms. The zero-order valence-electron chi connectivity index (χ0n) is 26.4. The Morgan fingerprint density at radius 3 is 1.91 bits per heavy atom. The number of rotatable bonds is 11. The summed E-state index contributed by atoms with van der Waals surface area (Å²) in [5.74, 6) is -5.60. The maximum absolute atomic E-state index is 12.0. The van der Waals surface area contributed by atoms with Gasteiger partial charge in [0.1, 0.15) is 18.5 Å². The number of carboxylic acid groups (broad SMARTS) is 2. The van der Waals surface area contributed by atoms with Crippen LogP contribution >= 0.6 is 0 Å². The molecule has 4 N–H and O–H groups in total. The molecule has 0 amide bonds. The van der Waals surface area contributed by atoms with Crippen LogP contribution < -0.4 is 19.5 Å². The fraction of sp³-hybridized carbons (Fsp3) is 0.429. The Labute approximate surface area is 258 Å². The molecule has 0 saturated carbocycles. The van der Waals surface area contributed by atoms with Crippen molar-refractivity contribution in [2.75, 3.05) is 13.2 Å². The van der Waals surface area contributed by atoms with Crippen molar-refractivity contribution in [3.05, 3.63) is 77.4 Å². The monoisotopic (exact) mass is 605 g/mol. The van der Waals surface area contributed by atoms with Crippen LogP contribution in [0, 0.1) is 0 Å². The second-order valence-corrected chi connectivity index (χ2v) is 13.4. The van der Waals surface area contributed by atoms with E-state index in [9.17, 15) is 24.9 Å². The molecule has 44 heavy (non-hydrogen) atoms. The van der Waals surface area contributed by atoms with E-state index in [1.807, 2.05) is 55.5 Å². The van der Waals surface area contributed by atoms with E-state index in [0.29, 0.717) is 17.7 Å². The molecule has 0 fully saturated rings. The predicted octanol–water partition coefficient (Wildman–Crippen LogP) is 5.55. The molecule has 0 bridgehead atoms. The highest BCUT2D eigenvalue weighted by atomic mass is 16.8. The first-order chi connectivity index (χ1) is 20.5. The summed E-state index contributed by atoms with van der Waals surface area (Å²) in [6, 6.07) is 18.9. The first kappa shape index (κ1) is 32.8. The lowest BCUT2D eigenvalue weighted by molar-refractivity contribution is -0.194. The Morgan fingerprint density at radius 1 is 0.841 bits per heavy atom. The zero-order chi connectivity index (χ0) is 32.4. The smallest absolute Gasteiger partial charge is 0.453 e. The molecule has 236 valence electrons. The van der Waals surface area contributed by atoms with Gasteiger partial charge < -0.3 is 34.8 Å². The van der Waals surface area contributed by atoms with E-state index in [2.05, 4.69) is 46.9 Å². The Bertz CT molecular complexity index is 1470. The summed E-state index contributed by atoms with van der Waals surface area (Å²) in [5, 5.41) is 33.4. The highest BCUT2D eigenvalue weighted by Crippen LogP contribution is 2.48. The van der Waals surface area contributed by atoms with Crippen molar-refractivity contribution in [3.63, 3.8) is 0 Å². The molecule has 2 atom stereocenters. The third-order valence-electron chi connectivity index (χ3n) is 7.70. The van der Waals surface area contributed by atoms with Crippen LogP contribution in [0.4, 0.5) is 0 Å². The molecule has 3 aromatic carbocycles. The largest absolute Gasteiger partial charge is 0.491 e. The van der Waals surface area contributed by atoms with E-state index in [0.717, 1.165) is 16.7 Å². The molecular weight excluding hydrogens is 562 g/mol. The Kier molecular flexibility index (Phi) is 9.32. The van der Waals surface area contributed by atoms with E-state index < -0.39 is 23.8 Å². The average Bonchev–Trinajstić information content (AvgIpc) is 3.36. The van der Waals surface area contributed by atoms with Gasteiger partial charge in [0.2, 0.25) is 0 Å². The summed E-state index contributed by atoms with van der Waals surface area (Å²) in [4.78, 5) is 23.9. The van der Waals surface area contributed by atoms with Crippen molar-refractivity contribution in [3.8, 4) is 28.4 Å². The lowest BCUT2D eigenvalue weighted by Crippen LogP contribution is -2.54. The number of hydrogen-bond acceptors (Lipinski definition) is 7. The molecule has 2 unspecified atom stereocenters. The molecule has 3 aromatic rings. The quantitative estimate of drug-likeness (QED) is 0.208. The van der Waals surface area contributed by atoms with Gasteiger partial charge >= 0.3 is 17.7 Å². The highest BCUT2D eigenvalue weighted by molar-refractivity contribution is 6.02. The minimum atomic E-state index is -2.87. The minimum absolute atomic E-state index is 0.0390. The summed E-state index contributed by atoms with van der Waals surface area (Å²) in [6.07, 6.45) is -0.283. The van der Waals surface area contributed by atoms with Crippen LogP contribution in [0.15, 0.2) is 60.7 Å². The third-order valence-corrected chi connectivity index (χ3v) is 7.70. The Balaban J connectivity index is 1.50. The van der Waals surface area contributed by atoms with Crippen molar-refractivity contribution in [2.45, 2.75) is 83.6 Å². The standard InChI is InChI=1S/C35H43NO8/c1-21(36-19-26(37)20-42-27-15-13-25(14-16-27)34(5,6)7)18-23-10-17-28-30(44-35(43-28,31(38)39)32(40)41)29(23)22-8-11-24(12-9-22)33(2,3)4/h8-17,21,26,36-37H,18-20H2,1-7H3,(H,38,39)(H,40,41). The van der Waals surface area contributed by atoms with Crippen LogP contribution in [0.25, 0.3) is 11.1 Å². The van der Waals surface area contributed by atoms with Gasteiger partial charge in [-0.1, -0.05) is 84.0 Å². The van der Waals surface area contributed by atoms with Gasteiger partial charge in [0, 0.05) is 18.2 Å². The lowest BCUT2D eigenvalue weighted by Gasteiger charge is -2.22. The third kappa shape index (κ3) is 7.17. The minimum Gasteiger partial charge on any atom is -0.491 e. The van der Waals surface area contributed by atoms with Crippen molar-refractivity contribution in [1.82, 2.24) is 5.32 Å². The predicted molar refractivity (Wildman–Crippen MR) is 168 cm³/mol. The fourth-order valence-corrected chi connectivity index (χ4v) is 5.04. The lowest BCUT2D eigenvalue weighted by atomic mass is 9.85. The molecule has 0 radical (unpaired) electrons. The molecule has 0 saturated heterocycles. The number of carboxylic acids is 2. The first-order valence-electron chi connectivity index (χ1n) is 14.8. The second-order valence-electron chi connectivity index (χ2n) is 13.4. The van der Waals surface area contributed by atoms with Gasteiger partial charge in [0.25, 0.3) is 0 Å². The number of aliphatic carboxylic acids is 2. The summed E-state index contributed by atoms with van der Waals surface area (Å²) >= 11 is 0. The van der Waals surface area contributed by atoms with Gasteiger partial charge in [-0.3, -0.25) is 0 Å². The maximum Gasteiger partial charge on any atom is 0.453 e. The van der Waals surface area contributed by atoms with Crippen LogP contribution in [-0.2, 0) is 26.8 Å². The van der Waals surface area contributed by atoms with E-state index in [4.69, 9.17) is 14.2 Å². The summed E-state index contributed by atoms with van der Waals surface area (Å²) in [6.45, 7) is 15.1. The molecular formula is C35H43NO8. The summed E-state index contributed by atoms with van der Waals surface area (Å²) in [7, 11) is 0. The number of aliphatic hydroxyl groups is 1. The molecule has 0 aromatic heterocycles. The van der Waals surface area contributed by atoms with Crippen LogP contribution in [0.3, 0.4) is 0 Å². The van der Waals surface area contributed by atoms with Gasteiger partial charge in [-0.25, -0.2) is 9.59 Å². The SMILES string of the molecule is CC(Cc1ccc2c(c1-c1ccc(C(C)(C)C)cc1)OC(C(=O)O)(C(=O)O)O2)NCC(O)COc1ccc(C(C)(C)C)cc1. The Hall–Kier alpha value is -4.08. The second kappa shape index (κ2) is 12.5. The number of ether oxygens (including phenoxy) is 3. The number of hydrogen-bond donors (Lipinski definition) is 4. The summed E-state index contributed by atoms with van der Waals surface area (Å²) < 4.78 is 16.8. The van der Waals surface area contributed by atoms with Gasteiger partial charge in [0.05, 0.1) is 0 Å². The molecule has 9 heteroatoms. The van der Waals surface area contributed by atoms with Crippen LogP contribution in [0.1, 0.15) is 65.2 Å². The average molecular weight is 606 g/mol. The first-order valence-corrected chi connectivity index (χ1v) is 14.8. The zero-order valence-corrected chi connectivity index (χ0v) is 26.4. The van der Waals surface area contributed by atoms with Gasteiger partial charge in [-0.15, -0.1) is 0 Å². The van der Waals surface area contributed by atoms with Gasteiger partial charge in [-0.2, -0.15) is 0 Å². The molecule has 0 aliphatic carbocycles. The number of nitrogens with one attached hydrogen (secondary N) is 1. The van der Waals surface area contributed by atoms with Gasteiger partial charge in [-0.05, 0) is 64.6 Å². The van der Waals surface area contributed by atoms with Crippen LogP contribution in [0.5, 0.6) is 17.2 Å². The molecule has 1 aliphatic rings. The van der Waals surface area contributed by atoms with E-state index in [1.165, 1.54) is 11.6 Å². The highest BCUT2D eigenvalue weighted by Gasteiger charge is 2.58. The van der Waals surface area contributed by atoms with E-state index in [-0.39, 0.29) is 41.5 Å². The number of benzene rings is 3. The number of fused-ring (bicyclic) bond motifs is 1. The molecule has 9 nitrogen and oxygen atoms in total. The fourth-order valence-electron chi connectivity index (χ4n) is 5.04. The van der Waals surface area contributed by atoms with Crippen LogP contribution in [-0.4, -0.2) is 58.3 Å². The molecule has 1 heterocycles. The van der Waals surface area contributed by atoms with Gasteiger partial charge in [0.15, 0.2) is 11.5 Å². The van der Waals surface area contributed by atoms with E-state index >= 15 is 0 Å². The number of carbonyl (C=O) groups is 2. The maximum atomic E-state index is 12.0. The van der Waals surface area contributed by atoms with Crippen LogP contribution in [0.2, 0.25) is 0 Å². The van der Waals surface area contributed by atoms with E-state index in [1.54, 1.807) is 6.07 Å². The molecule has 4 rings (SSSR count).